The predicted octanol–water partition coefficient (Wildman–Crippen LogP) is 10.6. The van der Waals surface area contributed by atoms with Crippen molar-refractivity contribution < 1.29 is 0 Å². The second-order valence-electron chi connectivity index (χ2n) is 16.3. The van der Waals surface area contributed by atoms with Crippen molar-refractivity contribution in [3.63, 3.8) is 0 Å². The lowest BCUT2D eigenvalue weighted by molar-refractivity contribution is 0.283. The van der Waals surface area contributed by atoms with Crippen molar-refractivity contribution in [2.75, 3.05) is 0 Å². The van der Waals surface area contributed by atoms with E-state index in [9.17, 15) is 0 Å². The molecule has 1 heterocycles. The van der Waals surface area contributed by atoms with E-state index in [0.29, 0.717) is 41.7 Å². The van der Waals surface area contributed by atoms with Gasteiger partial charge in [0, 0.05) is 12.0 Å². The SMILES string of the molecule is NC(SC(N)C1C=CC(C2=CC(C3CC(C4CC=CCC4)N=C(C4=CC(C5C=CC=CC5)CCC4)N3)CC(c3ccccc3)C2)=CC1)c1ccccc1. The summed E-state index contributed by atoms with van der Waals surface area (Å²) in [6, 6.07) is 22.3. The van der Waals surface area contributed by atoms with Crippen LogP contribution in [0.5, 0.6) is 0 Å². The number of nitrogens with one attached hydrogen (secondary N) is 1. The summed E-state index contributed by atoms with van der Waals surface area (Å²) in [7, 11) is 0. The number of nitrogens with zero attached hydrogens (tertiary/aromatic N) is 1. The molecule has 4 nitrogen and oxygen atoms in total. The molecule has 6 aliphatic rings. The fourth-order valence-electron chi connectivity index (χ4n) is 9.73. The van der Waals surface area contributed by atoms with Gasteiger partial charge in [0.15, 0.2) is 0 Å². The highest BCUT2D eigenvalue weighted by Crippen LogP contribution is 2.44. The third-order valence-corrected chi connectivity index (χ3v) is 14.0. The third kappa shape index (κ3) is 8.85. The molecule has 2 aromatic carbocycles. The van der Waals surface area contributed by atoms with Crippen molar-refractivity contribution in [2.45, 2.75) is 99.4 Å². The Morgan fingerprint density at radius 3 is 2.36 bits per heavy atom. The lowest BCUT2D eigenvalue weighted by Gasteiger charge is -2.41. The molecule has 10 unspecified atom stereocenters. The molecule has 5 aliphatic carbocycles. The Morgan fingerprint density at radius 1 is 0.774 bits per heavy atom. The number of nitrogens with two attached hydrogens (primary N) is 2. The molecule has 0 spiro atoms. The number of hydrogen-bond donors (Lipinski definition) is 3. The van der Waals surface area contributed by atoms with E-state index in [1.807, 2.05) is 18.2 Å². The first-order valence-corrected chi connectivity index (χ1v) is 21.4. The molecule has 0 aromatic heterocycles. The van der Waals surface area contributed by atoms with Gasteiger partial charge in [-0.2, -0.15) is 0 Å². The average Bonchev–Trinajstić information content (AvgIpc) is 3.24. The molecular formula is C48H58N4S. The van der Waals surface area contributed by atoms with E-state index in [1.165, 1.54) is 53.8 Å². The zero-order valence-corrected chi connectivity index (χ0v) is 32.0. The fourth-order valence-corrected chi connectivity index (χ4v) is 10.8. The topological polar surface area (TPSA) is 76.4 Å². The van der Waals surface area contributed by atoms with Crippen molar-refractivity contribution in [3.05, 3.63) is 155 Å². The molecular weight excluding hydrogens is 665 g/mol. The van der Waals surface area contributed by atoms with Crippen LogP contribution in [0.4, 0.5) is 0 Å². The zero-order valence-electron chi connectivity index (χ0n) is 31.2. The monoisotopic (exact) mass is 722 g/mol. The summed E-state index contributed by atoms with van der Waals surface area (Å²) >= 11 is 1.67. The summed E-state index contributed by atoms with van der Waals surface area (Å²) < 4.78 is 0. The highest BCUT2D eigenvalue weighted by Gasteiger charge is 2.37. The smallest absolute Gasteiger partial charge is 0.124 e. The Hall–Kier alpha value is -3.64. The molecule has 0 saturated carbocycles. The van der Waals surface area contributed by atoms with E-state index in [1.54, 1.807) is 11.8 Å². The molecule has 0 amide bonds. The van der Waals surface area contributed by atoms with Crippen LogP contribution in [0.15, 0.2) is 149 Å². The lowest BCUT2D eigenvalue weighted by atomic mass is 9.71. The van der Waals surface area contributed by atoms with Crippen LogP contribution < -0.4 is 16.8 Å². The summed E-state index contributed by atoms with van der Waals surface area (Å²) in [6.45, 7) is 0. The minimum Gasteiger partial charge on any atom is -0.367 e. The standard InChI is InChI=1S/C48H58N4S/c49-46(37-20-11-4-12-21-37)53-47(50)38-26-24-35(25-27-38)42-29-41(34-16-7-2-8-17-34)30-43(31-42)45-32-44(36-18-9-3-10-19-36)51-48(52-45)40-23-13-22-39(28-40)33-14-5-1-6-15-33/h1-9,11-12,14,16-17,20-21,24-26,28,31,33,36,38-39,41,43-47H,10,13,15,18-19,22-23,27,29-30,32,49-50H2,(H,51,52). The van der Waals surface area contributed by atoms with E-state index in [-0.39, 0.29) is 16.7 Å². The summed E-state index contributed by atoms with van der Waals surface area (Å²) in [5, 5.41) is 3.97. The molecule has 1 aliphatic heterocycles. The molecule has 276 valence electrons. The lowest BCUT2D eigenvalue weighted by Crippen LogP contribution is -2.49. The van der Waals surface area contributed by atoms with E-state index < -0.39 is 0 Å². The van der Waals surface area contributed by atoms with Gasteiger partial charge in [0.05, 0.1) is 16.8 Å². The molecule has 53 heavy (non-hydrogen) atoms. The van der Waals surface area contributed by atoms with E-state index in [2.05, 4.69) is 115 Å². The molecule has 0 fully saturated rings. The van der Waals surface area contributed by atoms with Gasteiger partial charge in [-0.3, -0.25) is 4.99 Å². The summed E-state index contributed by atoms with van der Waals surface area (Å²) in [5.74, 6) is 4.21. The van der Waals surface area contributed by atoms with Crippen molar-refractivity contribution in [1.82, 2.24) is 5.32 Å². The molecule has 5 N–H and O–H groups in total. The normalized spacial score (nSPS) is 32.5. The second-order valence-corrected chi connectivity index (χ2v) is 17.6. The predicted molar refractivity (Wildman–Crippen MR) is 225 cm³/mol. The number of benzene rings is 2. The number of aliphatic imine (C=N–C) groups is 1. The summed E-state index contributed by atoms with van der Waals surface area (Å²) in [4.78, 5) is 5.61. The summed E-state index contributed by atoms with van der Waals surface area (Å²) in [5.41, 5.74) is 20.3. The minimum absolute atomic E-state index is 0.0561. The maximum Gasteiger partial charge on any atom is 0.124 e. The Balaban J connectivity index is 1.04. The van der Waals surface area contributed by atoms with Gasteiger partial charge < -0.3 is 16.8 Å². The van der Waals surface area contributed by atoms with Crippen LogP contribution in [-0.2, 0) is 0 Å². The molecule has 2 aromatic rings. The van der Waals surface area contributed by atoms with Gasteiger partial charge in [-0.05, 0) is 128 Å². The van der Waals surface area contributed by atoms with Gasteiger partial charge in [0.2, 0.25) is 0 Å². The first-order valence-electron chi connectivity index (χ1n) is 20.5. The number of hydrogen-bond acceptors (Lipinski definition) is 5. The number of rotatable bonds is 10. The largest absolute Gasteiger partial charge is 0.367 e. The van der Waals surface area contributed by atoms with Gasteiger partial charge in [-0.1, -0.05) is 127 Å². The van der Waals surface area contributed by atoms with Crippen molar-refractivity contribution in [1.29, 1.82) is 0 Å². The quantitative estimate of drug-likeness (QED) is 0.169. The number of thioether (sulfide) groups is 1. The maximum atomic E-state index is 6.78. The van der Waals surface area contributed by atoms with E-state index in [4.69, 9.17) is 16.5 Å². The highest BCUT2D eigenvalue weighted by atomic mass is 32.2. The Morgan fingerprint density at radius 2 is 1.60 bits per heavy atom. The van der Waals surface area contributed by atoms with Crippen LogP contribution in [0.1, 0.15) is 93.0 Å². The fraction of sp³-hybridized carbons (Fsp3) is 0.438. The second kappa shape index (κ2) is 17.2. The number of amidine groups is 1. The Kier molecular flexibility index (Phi) is 11.8. The molecule has 10 atom stereocenters. The number of allylic oxidation sites excluding steroid dienone is 11. The van der Waals surface area contributed by atoms with Gasteiger partial charge in [-0.25, -0.2) is 0 Å². The molecule has 8 rings (SSSR count). The first kappa shape index (κ1) is 36.3. The van der Waals surface area contributed by atoms with Crippen LogP contribution in [0, 0.1) is 29.6 Å². The van der Waals surface area contributed by atoms with Gasteiger partial charge >= 0.3 is 0 Å². The maximum absolute atomic E-state index is 6.78. The van der Waals surface area contributed by atoms with Gasteiger partial charge in [0.1, 0.15) is 5.84 Å². The van der Waals surface area contributed by atoms with Crippen molar-refractivity contribution in [2.24, 2.45) is 46.0 Å². The summed E-state index contributed by atoms with van der Waals surface area (Å²) in [6.07, 6.45) is 39.1. The van der Waals surface area contributed by atoms with Crippen molar-refractivity contribution in [3.8, 4) is 0 Å². The van der Waals surface area contributed by atoms with E-state index >= 15 is 0 Å². The molecule has 0 bridgehead atoms. The molecule has 0 radical (unpaired) electrons. The van der Waals surface area contributed by atoms with Crippen LogP contribution in [-0.4, -0.2) is 23.3 Å². The van der Waals surface area contributed by atoms with Crippen LogP contribution in [0.2, 0.25) is 0 Å². The van der Waals surface area contributed by atoms with Crippen molar-refractivity contribution >= 4 is 17.6 Å². The zero-order chi connectivity index (χ0) is 36.0. The Bertz CT molecular complexity index is 1800. The van der Waals surface area contributed by atoms with E-state index in [0.717, 1.165) is 50.5 Å². The minimum atomic E-state index is -0.125. The first-order chi connectivity index (χ1) is 26.1. The van der Waals surface area contributed by atoms with Crippen LogP contribution in [0.25, 0.3) is 0 Å². The molecule has 5 heteroatoms. The van der Waals surface area contributed by atoms with Gasteiger partial charge in [0.25, 0.3) is 0 Å². The average molecular weight is 723 g/mol. The Labute approximate surface area is 322 Å². The molecule has 0 saturated heterocycles. The third-order valence-electron chi connectivity index (χ3n) is 12.8. The van der Waals surface area contributed by atoms with Gasteiger partial charge in [-0.15, -0.1) is 11.8 Å². The van der Waals surface area contributed by atoms with Crippen LogP contribution >= 0.6 is 11.8 Å². The highest BCUT2D eigenvalue weighted by molar-refractivity contribution is 8.00. The van der Waals surface area contributed by atoms with Crippen LogP contribution in [0.3, 0.4) is 0 Å².